The third kappa shape index (κ3) is 2.91. The number of hydrogen-bond acceptors (Lipinski definition) is 2. The summed E-state index contributed by atoms with van der Waals surface area (Å²) in [4.78, 5) is 0. The average molecular weight is 439 g/mol. The number of aryl methyl sites for hydroxylation is 1. The van der Waals surface area contributed by atoms with Crippen LogP contribution in [0.4, 0.5) is 11.4 Å². The second-order valence-electron chi connectivity index (χ2n) is 8.86. The predicted octanol–water partition coefficient (Wildman–Crippen LogP) is 8.61. The zero-order valence-electron chi connectivity index (χ0n) is 18.7. The lowest BCUT2D eigenvalue weighted by molar-refractivity contribution is 0.481. The topological polar surface area (TPSA) is 26.2 Å². The summed E-state index contributed by atoms with van der Waals surface area (Å²) in [5.41, 5.74) is 9.03. The van der Waals surface area contributed by atoms with E-state index in [9.17, 15) is 0 Å². The van der Waals surface area contributed by atoms with Crippen LogP contribution in [0.1, 0.15) is 5.56 Å². The Morgan fingerprint density at radius 2 is 1.26 bits per heavy atom. The lowest BCUT2D eigenvalue weighted by Gasteiger charge is -2.22. The Hall–Kier alpha value is -4.50. The summed E-state index contributed by atoms with van der Waals surface area (Å²) in [5, 5.41) is 6.01. The van der Waals surface area contributed by atoms with E-state index in [1.54, 1.807) is 0 Å². The molecule has 0 saturated carbocycles. The van der Waals surface area contributed by atoms with E-state index in [1.807, 2.05) is 0 Å². The van der Waals surface area contributed by atoms with E-state index in [0.717, 1.165) is 39.7 Å². The van der Waals surface area contributed by atoms with E-state index in [4.69, 9.17) is 4.74 Å². The van der Waals surface area contributed by atoms with E-state index in [0.29, 0.717) is 0 Å². The number of aromatic nitrogens is 1. The highest BCUT2D eigenvalue weighted by Gasteiger charge is 2.18. The molecule has 0 unspecified atom stereocenters. The smallest absolute Gasteiger partial charge is 0.151 e. The van der Waals surface area contributed by atoms with E-state index in [2.05, 4.69) is 126 Å². The van der Waals surface area contributed by atoms with E-state index in [-0.39, 0.29) is 0 Å². The normalized spacial score (nSPS) is 12.1. The van der Waals surface area contributed by atoms with Crippen LogP contribution in [0.5, 0.6) is 11.5 Å². The van der Waals surface area contributed by atoms with Gasteiger partial charge in [-0.25, -0.2) is 0 Å². The van der Waals surface area contributed by atoms with Gasteiger partial charge in [0, 0.05) is 16.5 Å². The minimum atomic E-state index is 0.847. The van der Waals surface area contributed by atoms with Gasteiger partial charge in [-0.05, 0) is 72.1 Å². The average Bonchev–Trinajstić information content (AvgIpc) is 3.21. The van der Waals surface area contributed by atoms with Crippen molar-refractivity contribution in [2.75, 3.05) is 5.32 Å². The summed E-state index contributed by atoms with van der Waals surface area (Å²) >= 11 is 0. The first-order chi connectivity index (χ1) is 16.7. The summed E-state index contributed by atoms with van der Waals surface area (Å²) in [5.74, 6) is 1.71. The molecule has 0 spiro atoms. The minimum Gasteiger partial charge on any atom is -0.453 e. The quantitative estimate of drug-likeness (QED) is 0.292. The molecule has 2 heterocycles. The van der Waals surface area contributed by atoms with E-state index in [1.165, 1.54) is 27.4 Å². The molecule has 1 N–H and O–H groups in total. The lowest BCUT2D eigenvalue weighted by atomic mass is 10.0. The van der Waals surface area contributed by atoms with Gasteiger partial charge in [0.25, 0.3) is 0 Å². The molecule has 3 heteroatoms. The Balaban J connectivity index is 1.39. The number of anilines is 2. The van der Waals surface area contributed by atoms with Crippen molar-refractivity contribution in [1.29, 1.82) is 0 Å². The second-order valence-corrected chi connectivity index (χ2v) is 8.86. The van der Waals surface area contributed by atoms with E-state index >= 15 is 0 Å². The summed E-state index contributed by atoms with van der Waals surface area (Å²) in [6, 6.07) is 38.5. The fourth-order valence-corrected chi connectivity index (χ4v) is 4.98. The highest BCUT2D eigenvalue weighted by Crippen LogP contribution is 2.44. The van der Waals surface area contributed by atoms with Crippen LogP contribution in [0.3, 0.4) is 0 Å². The van der Waals surface area contributed by atoms with Gasteiger partial charge >= 0.3 is 0 Å². The van der Waals surface area contributed by atoms with Crippen molar-refractivity contribution in [2.45, 2.75) is 6.92 Å². The van der Waals surface area contributed by atoms with Crippen LogP contribution in [0.15, 0.2) is 109 Å². The van der Waals surface area contributed by atoms with Crippen molar-refractivity contribution >= 4 is 33.2 Å². The van der Waals surface area contributed by atoms with Crippen LogP contribution < -0.4 is 10.1 Å². The summed E-state index contributed by atoms with van der Waals surface area (Å²) in [7, 11) is 0. The van der Waals surface area contributed by atoms with Gasteiger partial charge in [-0.15, -0.1) is 0 Å². The first-order valence-electron chi connectivity index (χ1n) is 11.5. The molecular weight excluding hydrogens is 416 g/mol. The number of nitrogens with zero attached hydrogens (tertiary/aromatic N) is 1. The number of fused-ring (bicyclic) bond motifs is 5. The first kappa shape index (κ1) is 19.0. The monoisotopic (exact) mass is 438 g/mol. The SMILES string of the molecule is Cc1ccc2c(c1)Oc1cc(-c3ccc4c5ccccc5n(-c5ccccc5)c4c3)ccc1N2. The van der Waals surface area contributed by atoms with Crippen molar-refractivity contribution in [2.24, 2.45) is 0 Å². The second kappa shape index (κ2) is 7.26. The van der Waals surface area contributed by atoms with Gasteiger partial charge in [0.2, 0.25) is 0 Å². The molecule has 0 saturated heterocycles. The number of rotatable bonds is 2. The molecule has 0 amide bonds. The number of hydrogen-bond donors (Lipinski definition) is 1. The van der Waals surface area contributed by atoms with Gasteiger partial charge in [-0.1, -0.05) is 60.7 Å². The van der Waals surface area contributed by atoms with Gasteiger partial charge in [0.05, 0.1) is 22.4 Å². The molecular formula is C31H22N2O. The zero-order chi connectivity index (χ0) is 22.6. The standard InChI is InChI=1S/C31H22N2O/c1-20-11-15-26-30(17-20)34-31-19-22(13-16-27(31)32-26)21-12-14-25-24-9-5-6-10-28(24)33(29(25)18-21)23-7-3-2-4-8-23/h2-19,32H,1H3. The molecule has 1 aliphatic rings. The summed E-state index contributed by atoms with van der Waals surface area (Å²) in [6.45, 7) is 2.08. The zero-order valence-corrected chi connectivity index (χ0v) is 18.7. The van der Waals surface area contributed by atoms with Crippen LogP contribution in [-0.2, 0) is 0 Å². The van der Waals surface area contributed by atoms with Crippen LogP contribution in [-0.4, -0.2) is 4.57 Å². The lowest BCUT2D eigenvalue weighted by Crippen LogP contribution is -2.03. The molecule has 34 heavy (non-hydrogen) atoms. The molecule has 0 fully saturated rings. The maximum atomic E-state index is 6.28. The Morgan fingerprint density at radius 3 is 2.15 bits per heavy atom. The predicted molar refractivity (Wildman–Crippen MR) is 141 cm³/mol. The molecule has 5 aromatic carbocycles. The van der Waals surface area contributed by atoms with Crippen molar-refractivity contribution in [3.8, 4) is 28.3 Å². The van der Waals surface area contributed by atoms with E-state index < -0.39 is 0 Å². The summed E-state index contributed by atoms with van der Waals surface area (Å²) in [6.07, 6.45) is 0. The fraction of sp³-hybridized carbons (Fsp3) is 0.0323. The molecule has 1 aliphatic heterocycles. The van der Waals surface area contributed by atoms with Crippen LogP contribution in [0.2, 0.25) is 0 Å². The third-order valence-corrected chi connectivity index (χ3v) is 6.63. The molecule has 0 atom stereocenters. The van der Waals surface area contributed by atoms with Gasteiger partial charge in [0.1, 0.15) is 0 Å². The van der Waals surface area contributed by atoms with Crippen LogP contribution in [0.25, 0.3) is 38.6 Å². The fourth-order valence-electron chi connectivity index (χ4n) is 4.98. The Kier molecular flexibility index (Phi) is 4.06. The molecule has 0 aliphatic carbocycles. The number of benzene rings is 5. The highest BCUT2D eigenvalue weighted by molar-refractivity contribution is 6.10. The minimum absolute atomic E-state index is 0.847. The van der Waals surface area contributed by atoms with Gasteiger partial charge in [0.15, 0.2) is 11.5 Å². The highest BCUT2D eigenvalue weighted by atomic mass is 16.5. The van der Waals surface area contributed by atoms with Crippen LogP contribution in [0, 0.1) is 6.92 Å². The molecule has 0 radical (unpaired) electrons. The molecule has 7 rings (SSSR count). The number of ether oxygens (including phenoxy) is 1. The molecule has 162 valence electrons. The van der Waals surface area contributed by atoms with Gasteiger partial charge < -0.3 is 14.6 Å². The van der Waals surface area contributed by atoms with Crippen molar-refractivity contribution in [3.63, 3.8) is 0 Å². The van der Waals surface area contributed by atoms with Gasteiger partial charge in [-0.2, -0.15) is 0 Å². The first-order valence-corrected chi connectivity index (χ1v) is 11.5. The summed E-state index contributed by atoms with van der Waals surface area (Å²) < 4.78 is 8.63. The largest absolute Gasteiger partial charge is 0.453 e. The van der Waals surface area contributed by atoms with Crippen molar-refractivity contribution < 1.29 is 4.74 Å². The Labute approximate surface area is 197 Å². The molecule has 6 aromatic rings. The van der Waals surface area contributed by atoms with Gasteiger partial charge in [-0.3, -0.25) is 0 Å². The Bertz CT molecular complexity index is 1710. The number of nitrogens with one attached hydrogen (secondary N) is 1. The van der Waals surface area contributed by atoms with Crippen LogP contribution >= 0.6 is 0 Å². The van der Waals surface area contributed by atoms with Crippen molar-refractivity contribution in [1.82, 2.24) is 4.57 Å². The van der Waals surface area contributed by atoms with Crippen molar-refractivity contribution in [3.05, 3.63) is 115 Å². The maximum Gasteiger partial charge on any atom is 0.151 e. The number of para-hydroxylation sites is 2. The molecule has 1 aromatic heterocycles. The molecule has 0 bridgehead atoms. The molecule has 3 nitrogen and oxygen atoms in total. The third-order valence-electron chi connectivity index (χ3n) is 6.63. The maximum absolute atomic E-state index is 6.28. The Morgan fingerprint density at radius 1 is 0.588 bits per heavy atom.